The summed E-state index contributed by atoms with van der Waals surface area (Å²) in [6.45, 7) is 2.76. The molecule has 1 rings (SSSR count). The Balaban J connectivity index is 3.20. The van der Waals surface area contributed by atoms with Crippen molar-refractivity contribution in [1.29, 1.82) is 0 Å². The largest absolute Gasteiger partial charge is 0.404 e. The van der Waals surface area contributed by atoms with Crippen molar-refractivity contribution in [2.45, 2.75) is 37.7 Å². The second-order valence-corrected chi connectivity index (χ2v) is 4.70. The number of rotatable bonds is 2. The first-order valence-electron chi connectivity index (χ1n) is 5.29. The summed E-state index contributed by atoms with van der Waals surface area (Å²) in [5.74, 6) is -3.52. The Labute approximate surface area is 105 Å². The highest BCUT2D eigenvalue weighted by atomic mass is 19.4. The van der Waals surface area contributed by atoms with Gasteiger partial charge in [-0.15, -0.1) is 0 Å². The predicted octanol–water partition coefficient (Wildman–Crippen LogP) is 4.12. The van der Waals surface area contributed by atoms with Crippen molar-refractivity contribution >= 4 is 0 Å². The topological polar surface area (TPSA) is 20.2 Å². The molecule has 0 heterocycles. The van der Waals surface area contributed by atoms with Gasteiger partial charge in [0.2, 0.25) is 0 Å². The minimum atomic E-state index is -5.41. The van der Waals surface area contributed by atoms with E-state index in [0.29, 0.717) is 0 Å². The summed E-state index contributed by atoms with van der Waals surface area (Å²) in [4.78, 5) is 0. The second kappa shape index (κ2) is 4.70. The van der Waals surface area contributed by atoms with E-state index in [1.807, 2.05) is 0 Å². The minimum Gasteiger partial charge on any atom is -0.386 e. The Morgan fingerprint density at radius 2 is 1.21 bits per heavy atom. The molecule has 0 aliphatic heterocycles. The van der Waals surface area contributed by atoms with E-state index < -0.39 is 29.4 Å². The maximum atomic E-state index is 12.5. The maximum absolute atomic E-state index is 12.5. The highest BCUT2D eigenvalue weighted by Gasteiger charge is 2.57. The highest BCUT2D eigenvalue weighted by Crippen LogP contribution is 2.46. The molecule has 1 N–H and O–H groups in total. The molecule has 0 radical (unpaired) electrons. The molecule has 0 aromatic heterocycles. The molecule has 1 aromatic rings. The zero-order valence-electron chi connectivity index (χ0n) is 10.1. The van der Waals surface area contributed by atoms with E-state index in [1.54, 1.807) is 0 Å². The van der Waals surface area contributed by atoms with E-state index >= 15 is 0 Å². The van der Waals surface area contributed by atoms with Gasteiger partial charge in [-0.2, -0.15) is 26.3 Å². The van der Waals surface area contributed by atoms with Gasteiger partial charge in [-0.25, -0.2) is 0 Å². The zero-order valence-corrected chi connectivity index (χ0v) is 10.1. The second-order valence-electron chi connectivity index (χ2n) is 4.70. The van der Waals surface area contributed by atoms with Gasteiger partial charge in [0.1, 0.15) is 0 Å². The molecule has 0 aliphatic carbocycles. The van der Waals surface area contributed by atoms with Crippen LogP contribution in [0.5, 0.6) is 0 Å². The van der Waals surface area contributed by atoms with Crippen LogP contribution >= 0.6 is 0 Å². The summed E-state index contributed by atoms with van der Waals surface area (Å²) in [5, 5.41) is 9.59. The third-order valence-electron chi connectivity index (χ3n) is 2.61. The molecule has 0 saturated carbocycles. The van der Waals surface area contributed by atoms with Gasteiger partial charge >= 0.3 is 12.4 Å². The normalized spacial score (nSPS) is 14.0. The fraction of sp³-hybridized carbons (Fsp3) is 0.500. The first-order valence-corrected chi connectivity index (χ1v) is 5.29. The van der Waals surface area contributed by atoms with E-state index in [1.165, 1.54) is 13.8 Å². The van der Waals surface area contributed by atoms with Gasteiger partial charge in [0.25, 0.3) is 0 Å². The fourth-order valence-electron chi connectivity index (χ4n) is 1.65. The lowest BCUT2D eigenvalue weighted by atomic mass is 9.92. The molecule has 0 spiro atoms. The lowest BCUT2D eigenvalue weighted by molar-refractivity contribution is -0.253. The summed E-state index contributed by atoms with van der Waals surface area (Å²) in [6.07, 6.45) is -10.8. The van der Waals surface area contributed by atoms with Crippen LogP contribution in [0.2, 0.25) is 0 Å². The first kappa shape index (κ1) is 15.8. The lowest BCUT2D eigenvalue weighted by Crippen LogP contribution is -2.34. The Kier molecular flexibility index (Phi) is 3.91. The molecular weight excluding hydrogens is 274 g/mol. The number of halogens is 6. The quantitative estimate of drug-likeness (QED) is 0.811. The third-order valence-corrected chi connectivity index (χ3v) is 2.61. The van der Waals surface area contributed by atoms with Crippen LogP contribution < -0.4 is 0 Å². The maximum Gasteiger partial charge on any atom is 0.404 e. The molecule has 0 aliphatic rings. The summed E-state index contributed by atoms with van der Waals surface area (Å²) < 4.78 is 74.8. The van der Waals surface area contributed by atoms with E-state index in [9.17, 15) is 31.4 Å². The number of hydrogen-bond acceptors (Lipinski definition) is 1. The molecule has 1 aromatic carbocycles. The predicted molar refractivity (Wildman–Crippen MR) is 56.5 cm³/mol. The Hall–Kier alpha value is -1.24. The van der Waals surface area contributed by atoms with Crippen molar-refractivity contribution in [3.63, 3.8) is 0 Å². The molecule has 0 fully saturated rings. The Morgan fingerprint density at radius 3 is 1.47 bits per heavy atom. The van der Waals surface area contributed by atoms with Crippen molar-refractivity contribution in [2.24, 2.45) is 0 Å². The van der Waals surface area contributed by atoms with Crippen LogP contribution in [0.25, 0.3) is 0 Å². The third kappa shape index (κ3) is 3.86. The molecule has 19 heavy (non-hydrogen) atoms. The molecule has 0 unspecified atom stereocenters. The first-order chi connectivity index (χ1) is 8.33. The van der Waals surface area contributed by atoms with Crippen LogP contribution in [0.4, 0.5) is 26.3 Å². The van der Waals surface area contributed by atoms with Gasteiger partial charge in [0.15, 0.2) is 5.92 Å². The van der Waals surface area contributed by atoms with Gasteiger partial charge in [-0.3, -0.25) is 0 Å². The van der Waals surface area contributed by atoms with Gasteiger partial charge in [-0.05, 0) is 25.0 Å². The summed E-state index contributed by atoms with van der Waals surface area (Å²) >= 11 is 0. The van der Waals surface area contributed by atoms with Crippen LogP contribution in [0, 0.1) is 0 Å². The summed E-state index contributed by atoms with van der Waals surface area (Å²) in [7, 11) is 0. The smallest absolute Gasteiger partial charge is 0.386 e. The average Bonchev–Trinajstić information content (AvgIpc) is 2.12. The Bertz CT molecular complexity index is 410. The van der Waals surface area contributed by atoms with Crippen molar-refractivity contribution in [3.05, 3.63) is 35.4 Å². The van der Waals surface area contributed by atoms with Crippen LogP contribution in [-0.4, -0.2) is 17.5 Å². The summed E-state index contributed by atoms with van der Waals surface area (Å²) in [6, 6.07) is 3.58. The van der Waals surface area contributed by atoms with E-state index in [4.69, 9.17) is 0 Å². The summed E-state index contributed by atoms with van der Waals surface area (Å²) in [5.41, 5.74) is -1.99. The molecule has 0 amide bonds. The van der Waals surface area contributed by atoms with E-state index in [0.717, 1.165) is 24.3 Å². The number of aliphatic hydroxyl groups is 1. The molecule has 1 nitrogen and oxygen atoms in total. The molecule has 0 atom stereocenters. The van der Waals surface area contributed by atoms with E-state index in [-0.39, 0.29) is 5.56 Å². The van der Waals surface area contributed by atoms with Crippen molar-refractivity contribution < 1.29 is 31.4 Å². The average molecular weight is 286 g/mol. The molecular formula is C12H12F6O. The van der Waals surface area contributed by atoms with Gasteiger partial charge in [0, 0.05) is 0 Å². The van der Waals surface area contributed by atoms with Gasteiger partial charge in [0.05, 0.1) is 5.60 Å². The van der Waals surface area contributed by atoms with Crippen molar-refractivity contribution in [1.82, 2.24) is 0 Å². The lowest BCUT2D eigenvalue weighted by Gasteiger charge is -2.24. The van der Waals surface area contributed by atoms with Crippen LogP contribution in [0.3, 0.4) is 0 Å². The number of benzene rings is 1. The van der Waals surface area contributed by atoms with Gasteiger partial charge in [-0.1, -0.05) is 24.3 Å². The zero-order chi connectivity index (χ0) is 15.1. The highest BCUT2D eigenvalue weighted by molar-refractivity contribution is 5.30. The van der Waals surface area contributed by atoms with Crippen LogP contribution in [0.15, 0.2) is 24.3 Å². The van der Waals surface area contributed by atoms with Crippen molar-refractivity contribution in [3.8, 4) is 0 Å². The SMILES string of the molecule is CC(C)(O)c1ccc(C(C(F)(F)F)C(F)(F)F)cc1. The monoisotopic (exact) mass is 286 g/mol. The Morgan fingerprint density at radius 1 is 0.842 bits per heavy atom. The standard InChI is InChI=1S/C12H12F6O/c1-10(2,19)8-5-3-7(4-6-8)9(11(13,14)15)12(16,17)18/h3-6,9,19H,1-2H3. The fourth-order valence-corrected chi connectivity index (χ4v) is 1.65. The van der Waals surface area contributed by atoms with E-state index in [2.05, 4.69) is 0 Å². The minimum absolute atomic E-state index is 0.236. The molecule has 7 heteroatoms. The van der Waals surface area contributed by atoms with Crippen molar-refractivity contribution in [2.75, 3.05) is 0 Å². The number of alkyl halides is 6. The van der Waals surface area contributed by atoms with Crippen LogP contribution in [-0.2, 0) is 5.60 Å². The molecule has 0 saturated heterocycles. The van der Waals surface area contributed by atoms with Crippen LogP contribution in [0.1, 0.15) is 30.9 Å². The van der Waals surface area contributed by atoms with Gasteiger partial charge < -0.3 is 5.11 Å². The molecule has 108 valence electrons. The number of hydrogen-bond donors (Lipinski definition) is 1. The molecule has 0 bridgehead atoms.